The summed E-state index contributed by atoms with van der Waals surface area (Å²) in [6.07, 6.45) is 4.60. The molecule has 214 valence electrons. The Bertz CT molecular complexity index is 1640. The minimum atomic E-state index is -1.01. The molecule has 1 N–H and O–H groups in total. The first-order chi connectivity index (χ1) is 20.4. The number of aliphatic hydroxyl groups is 1. The standard InChI is InChI=1S/C30H25ClN4O5S2/c1-3-15-40-22-10-7-20(16-23(22)39-4-2)25-24(26(36)19-11-13-32-14-12-19)27(37)28(38)35(25)29-33-34-30(42-29)41-17-18-5-8-21(31)9-6-18/h3,5-14,16,25,36H,1,4,15,17H2,2H3/b26-24+. The number of aliphatic hydroxyl groups excluding tert-OH is 1. The van der Waals surface area contributed by atoms with E-state index in [2.05, 4.69) is 21.8 Å². The third-order valence-electron chi connectivity index (χ3n) is 6.22. The summed E-state index contributed by atoms with van der Waals surface area (Å²) in [5.41, 5.74) is 1.82. The van der Waals surface area contributed by atoms with Crippen LogP contribution in [0.3, 0.4) is 0 Å². The minimum Gasteiger partial charge on any atom is -0.507 e. The molecule has 0 aliphatic carbocycles. The molecule has 12 heteroatoms. The van der Waals surface area contributed by atoms with Crippen LogP contribution in [0.5, 0.6) is 11.5 Å². The molecule has 3 heterocycles. The number of ketones is 1. The Morgan fingerprint density at radius 3 is 2.57 bits per heavy atom. The predicted octanol–water partition coefficient (Wildman–Crippen LogP) is 6.47. The van der Waals surface area contributed by atoms with Crippen molar-refractivity contribution >= 4 is 57.3 Å². The van der Waals surface area contributed by atoms with E-state index in [0.29, 0.717) is 44.3 Å². The average molecular weight is 621 g/mol. The summed E-state index contributed by atoms with van der Waals surface area (Å²) >= 11 is 8.62. The fourth-order valence-corrected chi connectivity index (χ4v) is 6.27. The van der Waals surface area contributed by atoms with Crippen LogP contribution in [-0.2, 0) is 15.3 Å². The molecule has 2 aromatic heterocycles. The number of rotatable bonds is 11. The van der Waals surface area contributed by atoms with Gasteiger partial charge in [0.25, 0.3) is 5.78 Å². The van der Waals surface area contributed by atoms with Crippen LogP contribution in [0.4, 0.5) is 5.13 Å². The van der Waals surface area contributed by atoms with Crippen LogP contribution < -0.4 is 14.4 Å². The van der Waals surface area contributed by atoms with E-state index in [0.717, 1.165) is 5.56 Å². The lowest BCUT2D eigenvalue weighted by Crippen LogP contribution is -2.29. The normalized spacial score (nSPS) is 16.0. The van der Waals surface area contributed by atoms with E-state index >= 15 is 0 Å². The number of carbonyl (C=O) groups is 2. The van der Waals surface area contributed by atoms with Gasteiger partial charge in [-0.3, -0.25) is 19.5 Å². The number of amides is 1. The molecule has 1 aliphatic heterocycles. The molecule has 5 rings (SSSR count). The Morgan fingerprint density at radius 1 is 1.10 bits per heavy atom. The van der Waals surface area contributed by atoms with E-state index < -0.39 is 17.7 Å². The number of halogens is 1. The Hall–Kier alpha value is -4.19. The van der Waals surface area contributed by atoms with Crippen molar-refractivity contribution in [3.8, 4) is 11.5 Å². The molecule has 0 radical (unpaired) electrons. The number of nitrogens with zero attached hydrogens (tertiary/aromatic N) is 4. The molecular weight excluding hydrogens is 596 g/mol. The van der Waals surface area contributed by atoms with Crippen molar-refractivity contribution in [2.45, 2.75) is 23.1 Å². The first-order valence-corrected chi connectivity index (χ1v) is 15.0. The summed E-state index contributed by atoms with van der Waals surface area (Å²) in [4.78, 5) is 32.3. The van der Waals surface area contributed by atoms with Gasteiger partial charge in [-0.25, -0.2) is 0 Å². The summed E-state index contributed by atoms with van der Waals surface area (Å²) in [6, 6.07) is 14.7. The third-order valence-corrected chi connectivity index (χ3v) is 8.59. The van der Waals surface area contributed by atoms with Crippen LogP contribution in [0.1, 0.15) is 29.7 Å². The van der Waals surface area contributed by atoms with Gasteiger partial charge in [0, 0.05) is 28.7 Å². The second-order valence-corrected chi connectivity index (χ2v) is 11.5. The number of hydrogen-bond donors (Lipinski definition) is 1. The van der Waals surface area contributed by atoms with Crippen LogP contribution >= 0.6 is 34.7 Å². The molecule has 1 atom stereocenters. The van der Waals surface area contributed by atoms with Crippen LogP contribution in [0.15, 0.2) is 89.6 Å². The molecule has 42 heavy (non-hydrogen) atoms. The number of pyridine rings is 1. The molecule has 1 amide bonds. The van der Waals surface area contributed by atoms with Crippen molar-refractivity contribution < 1.29 is 24.2 Å². The number of aromatic nitrogens is 3. The van der Waals surface area contributed by atoms with Crippen LogP contribution in [-0.4, -0.2) is 45.2 Å². The number of hydrogen-bond acceptors (Lipinski definition) is 10. The maximum atomic E-state index is 13.5. The fourth-order valence-electron chi connectivity index (χ4n) is 4.33. The van der Waals surface area contributed by atoms with Crippen molar-refractivity contribution in [2.24, 2.45) is 0 Å². The predicted molar refractivity (Wildman–Crippen MR) is 163 cm³/mol. The smallest absolute Gasteiger partial charge is 0.301 e. The van der Waals surface area contributed by atoms with Crippen molar-refractivity contribution in [3.63, 3.8) is 0 Å². The lowest BCUT2D eigenvalue weighted by Gasteiger charge is -2.23. The number of benzene rings is 2. The minimum absolute atomic E-state index is 0.0843. The third kappa shape index (κ3) is 6.18. The summed E-state index contributed by atoms with van der Waals surface area (Å²) in [5, 5.41) is 20.7. The van der Waals surface area contributed by atoms with Gasteiger partial charge in [-0.1, -0.05) is 65.6 Å². The highest BCUT2D eigenvalue weighted by Crippen LogP contribution is 2.45. The van der Waals surface area contributed by atoms with Crippen LogP contribution in [0, 0.1) is 0 Å². The quantitative estimate of drug-likeness (QED) is 0.0503. The van der Waals surface area contributed by atoms with Gasteiger partial charge >= 0.3 is 5.91 Å². The number of ether oxygens (including phenoxy) is 2. The first-order valence-electron chi connectivity index (χ1n) is 12.8. The zero-order valence-electron chi connectivity index (χ0n) is 22.4. The largest absolute Gasteiger partial charge is 0.507 e. The van der Waals surface area contributed by atoms with Crippen molar-refractivity contribution in [1.82, 2.24) is 15.2 Å². The fraction of sp³-hybridized carbons (Fsp3) is 0.167. The first kappa shape index (κ1) is 29.3. The molecule has 1 saturated heterocycles. The molecule has 4 aromatic rings. The van der Waals surface area contributed by atoms with Gasteiger partial charge in [-0.05, 0) is 54.4 Å². The van der Waals surface area contributed by atoms with E-state index in [-0.39, 0.29) is 23.1 Å². The van der Waals surface area contributed by atoms with Gasteiger partial charge in [0.1, 0.15) is 12.4 Å². The summed E-state index contributed by atoms with van der Waals surface area (Å²) in [7, 11) is 0. The Morgan fingerprint density at radius 2 is 1.86 bits per heavy atom. The highest BCUT2D eigenvalue weighted by Gasteiger charge is 2.48. The van der Waals surface area contributed by atoms with E-state index in [1.165, 1.54) is 40.4 Å². The maximum Gasteiger partial charge on any atom is 0.301 e. The molecule has 0 bridgehead atoms. The van der Waals surface area contributed by atoms with E-state index in [1.54, 1.807) is 36.4 Å². The monoisotopic (exact) mass is 620 g/mol. The zero-order valence-corrected chi connectivity index (χ0v) is 24.8. The Balaban J connectivity index is 1.56. The van der Waals surface area contributed by atoms with Crippen molar-refractivity contribution in [2.75, 3.05) is 18.1 Å². The highest BCUT2D eigenvalue weighted by atomic mass is 35.5. The zero-order chi connectivity index (χ0) is 29.6. The van der Waals surface area contributed by atoms with E-state index in [4.69, 9.17) is 21.1 Å². The van der Waals surface area contributed by atoms with Gasteiger partial charge in [0.2, 0.25) is 5.13 Å². The summed E-state index contributed by atoms with van der Waals surface area (Å²) in [5.74, 6) is -0.489. The topological polar surface area (TPSA) is 115 Å². The lowest BCUT2D eigenvalue weighted by atomic mass is 9.95. The van der Waals surface area contributed by atoms with Crippen molar-refractivity contribution in [3.05, 3.63) is 107 Å². The Labute approximate surface area is 255 Å². The summed E-state index contributed by atoms with van der Waals surface area (Å²) < 4.78 is 12.2. The van der Waals surface area contributed by atoms with Crippen LogP contribution in [0.25, 0.3) is 5.76 Å². The van der Waals surface area contributed by atoms with Gasteiger partial charge in [-0.2, -0.15) is 0 Å². The molecule has 9 nitrogen and oxygen atoms in total. The Kier molecular flexibility index (Phi) is 9.21. The average Bonchev–Trinajstić information content (AvgIpc) is 3.58. The van der Waals surface area contributed by atoms with Gasteiger partial charge < -0.3 is 14.6 Å². The van der Waals surface area contributed by atoms with Gasteiger partial charge in [-0.15, -0.1) is 10.2 Å². The summed E-state index contributed by atoms with van der Waals surface area (Å²) in [6.45, 7) is 6.14. The number of anilines is 1. The molecule has 1 unspecified atom stereocenters. The van der Waals surface area contributed by atoms with E-state index in [9.17, 15) is 14.7 Å². The van der Waals surface area contributed by atoms with Gasteiger partial charge in [0.05, 0.1) is 18.2 Å². The second kappa shape index (κ2) is 13.2. The second-order valence-electron chi connectivity index (χ2n) is 8.91. The molecule has 0 saturated carbocycles. The van der Waals surface area contributed by atoms with E-state index in [1.807, 2.05) is 31.2 Å². The van der Waals surface area contributed by atoms with Gasteiger partial charge in [0.15, 0.2) is 15.8 Å². The van der Waals surface area contributed by atoms with Crippen molar-refractivity contribution in [1.29, 1.82) is 0 Å². The number of carbonyl (C=O) groups excluding carboxylic acids is 2. The molecule has 0 spiro atoms. The number of Topliss-reactive ketones (excluding diaryl/α,β-unsaturated/α-hetero) is 1. The molecule has 2 aromatic carbocycles. The highest BCUT2D eigenvalue weighted by molar-refractivity contribution is 8.00. The van der Waals surface area contributed by atoms with Crippen LogP contribution in [0.2, 0.25) is 5.02 Å². The molecule has 1 fully saturated rings. The molecular formula is C30H25ClN4O5S2. The number of thioether (sulfide) groups is 1. The lowest BCUT2D eigenvalue weighted by molar-refractivity contribution is -0.132. The SMILES string of the molecule is C=CCOc1ccc(C2/C(=C(\O)c3ccncc3)C(=O)C(=O)N2c2nnc(SCc3ccc(Cl)cc3)s2)cc1OCC. The molecule has 1 aliphatic rings. The maximum absolute atomic E-state index is 13.5.